The molecule has 0 aliphatic rings. The Morgan fingerprint density at radius 1 is 1.15 bits per heavy atom. The molecule has 6 heteroatoms. The van der Waals surface area contributed by atoms with Gasteiger partial charge in [-0.25, -0.2) is 9.37 Å². The first kappa shape index (κ1) is 16.9. The summed E-state index contributed by atoms with van der Waals surface area (Å²) in [6.07, 6.45) is 3.51. The molecule has 2 N–H and O–H groups in total. The number of benzene rings is 1. The maximum absolute atomic E-state index is 13.9. The Balaban J connectivity index is 1.80. The molecule has 27 heavy (non-hydrogen) atoms. The Labute approximate surface area is 155 Å². The molecule has 4 rings (SSSR count). The standard InChI is InChI=1S/C21H17FN4O/c1-13(27)16-6-5-14(22)10-18(16)19-11-20(26-21-17(19)7-9-24-21)25-12-15-4-2-3-8-23-15/h2-11H,12H2,1H3,(H2,24,25,26). The fourth-order valence-electron chi connectivity index (χ4n) is 3.08. The Kier molecular flexibility index (Phi) is 4.38. The van der Waals surface area contributed by atoms with Gasteiger partial charge in [0.25, 0.3) is 0 Å². The SMILES string of the molecule is CC(=O)c1ccc(F)cc1-c1cc(NCc2ccccn2)nc2[nH]ccc12. The lowest BCUT2D eigenvalue weighted by Crippen LogP contribution is -2.04. The molecule has 5 nitrogen and oxygen atoms in total. The van der Waals surface area contributed by atoms with Gasteiger partial charge in [-0.3, -0.25) is 9.78 Å². The largest absolute Gasteiger partial charge is 0.364 e. The Hall–Kier alpha value is -3.54. The summed E-state index contributed by atoms with van der Waals surface area (Å²) < 4.78 is 13.9. The van der Waals surface area contributed by atoms with E-state index in [-0.39, 0.29) is 5.78 Å². The number of halogens is 1. The lowest BCUT2D eigenvalue weighted by atomic mass is 9.96. The molecule has 1 aromatic carbocycles. The fraction of sp³-hybridized carbons (Fsp3) is 0.0952. The highest BCUT2D eigenvalue weighted by Crippen LogP contribution is 2.33. The summed E-state index contributed by atoms with van der Waals surface area (Å²) in [5.41, 5.74) is 3.31. The summed E-state index contributed by atoms with van der Waals surface area (Å²) in [6, 6.07) is 13.6. The van der Waals surface area contributed by atoms with Crippen LogP contribution in [0.2, 0.25) is 0 Å². The van der Waals surface area contributed by atoms with Gasteiger partial charge in [0.15, 0.2) is 5.78 Å². The molecule has 0 saturated carbocycles. The van der Waals surface area contributed by atoms with Gasteiger partial charge in [-0.1, -0.05) is 6.07 Å². The van der Waals surface area contributed by atoms with E-state index in [1.165, 1.54) is 25.1 Å². The van der Waals surface area contributed by atoms with Crippen molar-refractivity contribution in [2.45, 2.75) is 13.5 Å². The molecule has 0 unspecified atom stereocenters. The Morgan fingerprint density at radius 3 is 2.81 bits per heavy atom. The average Bonchev–Trinajstić information content (AvgIpc) is 3.15. The zero-order valence-electron chi connectivity index (χ0n) is 14.7. The van der Waals surface area contributed by atoms with Gasteiger partial charge in [-0.2, -0.15) is 0 Å². The van der Waals surface area contributed by atoms with Crippen molar-refractivity contribution in [3.8, 4) is 11.1 Å². The molecular formula is C21H17FN4O. The van der Waals surface area contributed by atoms with Crippen LogP contribution in [0.3, 0.4) is 0 Å². The van der Waals surface area contributed by atoms with Crippen LogP contribution in [0.1, 0.15) is 23.0 Å². The van der Waals surface area contributed by atoms with E-state index in [2.05, 4.69) is 20.3 Å². The van der Waals surface area contributed by atoms with Crippen LogP contribution in [0.5, 0.6) is 0 Å². The zero-order valence-corrected chi connectivity index (χ0v) is 14.7. The third kappa shape index (κ3) is 3.42. The summed E-state index contributed by atoms with van der Waals surface area (Å²) >= 11 is 0. The fourth-order valence-corrected chi connectivity index (χ4v) is 3.08. The molecule has 0 amide bonds. The van der Waals surface area contributed by atoms with E-state index in [9.17, 15) is 9.18 Å². The Bertz CT molecular complexity index is 1120. The molecule has 0 aliphatic carbocycles. The molecule has 3 heterocycles. The van der Waals surface area contributed by atoms with Crippen molar-refractivity contribution >= 4 is 22.6 Å². The zero-order chi connectivity index (χ0) is 18.8. The summed E-state index contributed by atoms with van der Waals surface area (Å²) in [5.74, 6) is 0.108. The second-order valence-electron chi connectivity index (χ2n) is 6.22. The van der Waals surface area contributed by atoms with Crippen molar-refractivity contribution in [3.63, 3.8) is 0 Å². The van der Waals surface area contributed by atoms with Gasteiger partial charge in [-0.15, -0.1) is 0 Å². The highest BCUT2D eigenvalue weighted by molar-refractivity contribution is 6.05. The maximum Gasteiger partial charge on any atom is 0.160 e. The number of aromatic nitrogens is 3. The van der Waals surface area contributed by atoms with Crippen molar-refractivity contribution in [1.29, 1.82) is 0 Å². The van der Waals surface area contributed by atoms with Crippen molar-refractivity contribution in [1.82, 2.24) is 15.0 Å². The first-order valence-electron chi connectivity index (χ1n) is 8.54. The van der Waals surface area contributed by atoms with E-state index in [0.29, 0.717) is 29.1 Å². The van der Waals surface area contributed by atoms with Crippen molar-refractivity contribution in [3.05, 3.63) is 78.0 Å². The number of Topliss-reactive ketones (excluding diaryl/α,β-unsaturated/α-hetero) is 1. The number of fused-ring (bicyclic) bond motifs is 1. The summed E-state index contributed by atoms with van der Waals surface area (Å²) in [5, 5.41) is 4.07. The third-order valence-corrected chi connectivity index (χ3v) is 4.36. The number of carbonyl (C=O) groups excluding carboxylic acids is 1. The lowest BCUT2D eigenvalue weighted by molar-refractivity contribution is 0.101. The van der Waals surface area contributed by atoms with Crippen LogP contribution in [0.4, 0.5) is 10.2 Å². The molecule has 3 aromatic heterocycles. The number of ketones is 1. The summed E-state index contributed by atoms with van der Waals surface area (Å²) in [7, 11) is 0. The number of aromatic amines is 1. The molecule has 134 valence electrons. The number of nitrogens with zero attached hydrogens (tertiary/aromatic N) is 2. The minimum atomic E-state index is -0.390. The van der Waals surface area contributed by atoms with E-state index >= 15 is 0 Å². The number of anilines is 1. The van der Waals surface area contributed by atoms with Crippen LogP contribution in [-0.2, 0) is 6.54 Å². The molecule has 0 atom stereocenters. The first-order chi connectivity index (χ1) is 13.1. The van der Waals surface area contributed by atoms with E-state index in [1.807, 2.05) is 30.3 Å². The topological polar surface area (TPSA) is 70.7 Å². The second kappa shape index (κ2) is 6.99. The minimum absolute atomic E-state index is 0.117. The normalized spacial score (nSPS) is 10.9. The molecule has 0 fully saturated rings. The maximum atomic E-state index is 13.9. The van der Waals surface area contributed by atoms with Crippen LogP contribution >= 0.6 is 0 Å². The first-order valence-corrected chi connectivity index (χ1v) is 8.54. The van der Waals surface area contributed by atoms with Crippen molar-refractivity contribution in [2.24, 2.45) is 0 Å². The van der Waals surface area contributed by atoms with Crippen LogP contribution in [0.25, 0.3) is 22.2 Å². The van der Waals surface area contributed by atoms with Crippen LogP contribution < -0.4 is 5.32 Å². The molecule has 0 aliphatic heterocycles. The van der Waals surface area contributed by atoms with E-state index in [0.717, 1.165) is 16.6 Å². The number of nitrogens with one attached hydrogen (secondary N) is 2. The highest BCUT2D eigenvalue weighted by atomic mass is 19.1. The molecule has 0 radical (unpaired) electrons. The number of rotatable bonds is 5. The van der Waals surface area contributed by atoms with Gasteiger partial charge in [0.2, 0.25) is 0 Å². The van der Waals surface area contributed by atoms with E-state index in [1.54, 1.807) is 12.4 Å². The van der Waals surface area contributed by atoms with Gasteiger partial charge in [0.1, 0.15) is 17.3 Å². The smallest absolute Gasteiger partial charge is 0.160 e. The monoisotopic (exact) mass is 360 g/mol. The molecule has 0 saturated heterocycles. The predicted molar refractivity (Wildman–Crippen MR) is 103 cm³/mol. The van der Waals surface area contributed by atoms with E-state index < -0.39 is 5.82 Å². The van der Waals surface area contributed by atoms with Crippen molar-refractivity contribution in [2.75, 3.05) is 5.32 Å². The third-order valence-electron chi connectivity index (χ3n) is 4.36. The van der Waals surface area contributed by atoms with Gasteiger partial charge in [-0.05, 0) is 60.5 Å². The lowest BCUT2D eigenvalue weighted by Gasteiger charge is -2.12. The van der Waals surface area contributed by atoms with Gasteiger partial charge in [0.05, 0.1) is 12.2 Å². The van der Waals surface area contributed by atoms with E-state index in [4.69, 9.17) is 0 Å². The molecule has 0 spiro atoms. The van der Waals surface area contributed by atoms with Gasteiger partial charge in [0, 0.05) is 23.3 Å². The average molecular weight is 360 g/mol. The predicted octanol–water partition coefficient (Wildman–Crippen LogP) is 4.58. The number of H-pyrrole nitrogens is 1. The minimum Gasteiger partial charge on any atom is -0.364 e. The molecular weight excluding hydrogens is 343 g/mol. The van der Waals surface area contributed by atoms with Crippen LogP contribution in [-0.4, -0.2) is 20.7 Å². The number of hydrogen-bond acceptors (Lipinski definition) is 4. The molecule has 4 aromatic rings. The van der Waals surface area contributed by atoms with Gasteiger partial charge >= 0.3 is 0 Å². The molecule has 0 bridgehead atoms. The summed E-state index contributed by atoms with van der Waals surface area (Å²) in [6.45, 7) is 1.98. The van der Waals surface area contributed by atoms with Gasteiger partial charge < -0.3 is 10.3 Å². The Morgan fingerprint density at radius 2 is 2.04 bits per heavy atom. The van der Waals surface area contributed by atoms with Crippen LogP contribution in [0, 0.1) is 5.82 Å². The van der Waals surface area contributed by atoms with Crippen LogP contribution in [0.15, 0.2) is 60.9 Å². The number of carbonyl (C=O) groups is 1. The quantitative estimate of drug-likeness (QED) is 0.511. The van der Waals surface area contributed by atoms with Crippen molar-refractivity contribution < 1.29 is 9.18 Å². The second-order valence-corrected chi connectivity index (χ2v) is 6.22. The summed E-state index contributed by atoms with van der Waals surface area (Å²) in [4.78, 5) is 24.0. The number of hydrogen-bond donors (Lipinski definition) is 2. The number of pyridine rings is 2. The highest BCUT2D eigenvalue weighted by Gasteiger charge is 2.15.